The fourth-order valence-electron chi connectivity index (χ4n) is 4.46. The van der Waals surface area contributed by atoms with E-state index in [-0.39, 0.29) is 49.7 Å². The molecule has 2 aromatic rings. The van der Waals surface area contributed by atoms with Crippen molar-refractivity contribution >= 4 is 27.9 Å². The summed E-state index contributed by atoms with van der Waals surface area (Å²) in [6.45, 7) is 1.55. The number of rotatable bonds is 9. The van der Waals surface area contributed by atoms with Crippen LogP contribution in [0.15, 0.2) is 48.5 Å². The van der Waals surface area contributed by atoms with E-state index in [2.05, 4.69) is 5.32 Å². The number of hydrogen-bond donors (Lipinski definition) is 2. The summed E-state index contributed by atoms with van der Waals surface area (Å²) >= 11 is 0. The maximum absolute atomic E-state index is 13.1. The zero-order chi connectivity index (χ0) is 30.4. The van der Waals surface area contributed by atoms with Crippen molar-refractivity contribution in [2.24, 2.45) is 11.8 Å². The first-order valence-electron chi connectivity index (χ1n) is 12.7. The van der Waals surface area contributed by atoms with Gasteiger partial charge in [-0.3, -0.25) is 10.1 Å². The van der Waals surface area contributed by atoms with E-state index in [1.165, 1.54) is 6.92 Å². The maximum atomic E-state index is 13.1. The van der Waals surface area contributed by atoms with Crippen molar-refractivity contribution in [2.45, 2.75) is 45.0 Å². The molecule has 0 aliphatic heterocycles. The highest BCUT2D eigenvalue weighted by Gasteiger charge is 2.38. The summed E-state index contributed by atoms with van der Waals surface area (Å²) in [5.41, 5.74) is -3.98. The predicted molar refractivity (Wildman–Crippen MR) is 137 cm³/mol. The molecule has 0 atom stereocenters. The summed E-state index contributed by atoms with van der Waals surface area (Å²) in [5.74, 6) is -1.68. The molecule has 0 spiro atoms. The van der Waals surface area contributed by atoms with Crippen molar-refractivity contribution < 1.29 is 49.1 Å². The molecule has 0 radical (unpaired) electrons. The van der Waals surface area contributed by atoms with E-state index in [4.69, 9.17) is 4.74 Å². The van der Waals surface area contributed by atoms with Crippen LogP contribution in [0.2, 0.25) is 0 Å². The number of benzene rings is 2. The van der Waals surface area contributed by atoms with Crippen LogP contribution in [0.25, 0.3) is 0 Å². The van der Waals surface area contributed by atoms with Gasteiger partial charge in [0.05, 0.1) is 17.7 Å². The van der Waals surface area contributed by atoms with E-state index in [0.717, 1.165) is 4.31 Å². The van der Waals surface area contributed by atoms with Gasteiger partial charge in [0, 0.05) is 24.3 Å². The number of anilines is 1. The van der Waals surface area contributed by atoms with Crippen LogP contribution in [0, 0.1) is 11.8 Å². The van der Waals surface area contributed by atoms with Gasteiger partial charge in [-0.15, -0.1) is 0 Å². The van der Waals surface area contributed by atoms with Crippen molar-refractivity contribution in [2.75, 3.05) is 25.0 Å². The van der Waals surface area contributed by atoms with Gasteiger partial charge in [0.25, 0.3) is 5.91 Å². The van der Waals surface area contributed by atoms with Crippen LogP contribution in [-0.2, 0) is 27.3 Å². The number of hydrogen-bond acceptors (Lipinski definition) is 5. The Kier molecular flexibility index (Phi) is 10.3. The van der Waals surface area contributed by atoms with Crippen molar-refractivity contribution in [1.29, 1.82) is 0 Å². The Morgan fingerprint density at radius 1 is 0.902 bits per heavy atom. The van der Waals surface area contributed by atoms with Gasteiger partial charge in [-0.2, -0.15) is 39.1 Å². The molecule has 0 bridgehead atoms. The Bertz CT molecular complexity index is 1280. The third kappa shape index (κ3) is 9.35. The highest BCUT2D eigenvalue weighted by Crippen LogP contribution is 2.36. The van der Waals surface area contributed by atoms with Crippen LogP contribution in [0.1, 0.15) is 54.1 Å². The Morgan fingerprint density at radius 2 is 1.44 bits per heavy atom. The Hall–Kier alpha value is -3.33. The molecule has 8 nitrogen and oxygen atoms in total. The third-order valence-corrected chi connectivity index (χ3v) is 8.19. The lowest BCUT2D eigenvalue weighted by Gasteiger charge is -2.31. The molecule has 0 aromatic heterocycles. The first-order chi connectivity index (χ1) is 19.1. The molecule has 0 unspecified atom stereocenters. The molecule has 0 saturated heterocycles. The lowest BCUT2D eigenvalue weighted by atomic mass is 9.82. The van der Waals surface area contributed by atoms with Gasteiger partial charge in [0.1, 0.15) is 0 Å². The minimum absolute atomic E-state index is 0.0163. The second-order valence-corrected chi connectivity index (χ2v) is 11.3. The van der Waals surface area contributed by atoms with Crippen LogP contribution in [0.5, 0.6) is 0 Å². The summed E-state index contributed by atoms with van der Waals surface area (Å²) in [6.07, 6.45) is -8.55. The van der Waals surface area contributed by atoms with Gasteiger partial charge < -0.3 is 4.74 Å². The summed E-state index contributed by atoms with van der Waals surface area (Å²) in [6, 6.07) is 8.93. The third-order valence-electron chi connectivity index (χ3n) is 6.66. The summed E-state index contributed by atoms with van der Waals surface area (Å²) < 4.78 is 112. The number of alkyl halides is 6. The van der Waals surface area contributed by atoms with Gasteiger partial charge in [-0.1, -0.05) is 25.1 Å². The number of nitrogens with zero attached hydrogens (tertiary/aromatic N) is 1. The largest absolute Gasteiger partial charge is 0.449 e. The Morgan fingerprint density at radius 3 is 1.95 bits per heavy atom. The molecule has 1 aliphatic rings. The van der Waals surface area contributed by atoms with Crippen LogP contribution in [0.4, 0.5) is 36.8 Å². The molecule has 2 amide bonds. The highest BCUT2D eigenvalue weighted by atomic mass is 32.2. The van der Waals surface area contributed by atoms with Gasteiger partial charge in [-0.05, 0) is 67.9 Å². The molecule has 15 heteroatoms. The predicted octanol–water partition coefficient (Wildman–Crippen LogP) is 6.08. The smallest absolute Gasteiger partial charge is 0.416 e. The Labute approximate surface area is 233 Å². The summed E-state index contributed by atoms with van der Waals surface area (Å²) in [5, 5.41) is 2.61. The molecule has 3 rings (SSSR count). The molecule has 1 saturated carbocycles. The average Bonchev–Trinajstić information content (AvgIpc) is 2.90. The Balaban J connectivity index is 1.56. The molecule has 1 fully saturated rings. The van der Waals surface area contributed by atoms with E-state index < -0.39 is 51.3 Å². The zero-order valence-corrected chi connectivity index (χ0v) is 22.7. The quantitative estimate of drug-likeness (QED) is 0.336. The molecular weight excluding hydrogens is 580 g/mol. The normalized spacial score (nSPS) is 18.1. The van der Waals surface area contributed by atoms with E-state index in [1.807, 2.05) is 0 Å². The van der Waals surface area contributed by atoms with Crippen LogP contribution in [-0.4, -0.2) is 44.4 Å². The number of para-hydroxylation sites is 1. The minimum atomic E-state index is -5.19. The lowest BCUT2D eigenvalue weighted by molar-refractivity contribution is -0.143. The van der Waals surface area contributed by atoms with E-state index in [1.54, 1.807) is 35.1 Å². The van der Waals surface area contributed by atoms with Crippen LogP contribution >= 0.6 is 0 Å². The SMILES string of the molecule is CCN(CC1CCC(COC(=O)Nc2ccccc2)CC1)S(=O)(=O)NC(=O)c1cc(C(F)(F)F)cc(C(F)(F)F)c1. The van der Waals surface area contributed by atoms with E-state index in [0.29, 0.717) is 31.4 Å². The van der Waals surface area contributed by atoms with Crippen molar-refractivity contribution in [3.8, 4) is 0 Å². The first-order valence-corrected chi connectivity index (χ1v) is 14.1. The van der Waals surface area contributed by atoms with Crippen molar-refractivity contribution in [3.63, 3.8) is 0 Å². The van der Waals surface area contributed by atoms with Gasteiger partial charge in [0.15, 0.2) is 0 Å². The van der Waals surface area contributed by atoms with Gasteiger partial charge in [0.2, 0.25) is 0 Å². The first kappa shape index (κ1) is 32.2. The maximum Gasteiger partial charge on any atom is 0.416 e. The van der Waals surface area contributed by atoms with Crippen LogP contribution < -0.4 is 10.0 Å². The standard InChI is InChI=1S/C26H29F6N3O5S/c1-2-35(15-17-8-10-18(11-9-17)16-40-24(37)33-22-6-4-3-5-7-22)41(38,39)34-23(36)19-12-20(25(27,28)29)14-21(13-19)26(30,31)32/h3-7,12-14,17-18H,2,8-11,15-16H2,1H3,(H,33,37)(H,34,36). The highest BCUT2D eigenvalue weighted by molar-refractivity contribution is 7.87. The molecule has 41 heavy (non-hydrogen) atoms. The number of amides is 2. The molecule has 1 aliphatic carbocycles. The number of halogens is 6. The van der Waals surface area contributed by atoms with Crippen molar-refractivity contribution in [1.82, 2.24) is 9.03 Å². The number of carbonyl (C=O) groups excluding carboxylic acids is 2. The topological polar surface area (TPSA) is 105 Å². The monoisotopic (exact) mass is 609 g/mol. The molecular formula is C26H29F6N3O5S. The molecule has 2 aromatic carbocycles. The average molecular weight is 610 g/mol. The summed E-state index contributed by atoms with van der Waals surface area (Å²) in [7, 11) is -4.59. The number of ether oxygens (including phenoxy) is 1. The number of nitrogens with one attached hydrogen (secondary N) is 2. The molecule has 0 heterocycles. The molecule has 2 N–H and O–H groups in total. The second-order valence-electron chi connectivity index (χ2n) is 9.66. The van der Waals surface area contributed by atoms with Gasteiger partial charge >= 0.3 is 28.7 Å². The summed E-state index contributed by atoms with van der Waals surface area (Å²) in [4.78, 5) is 24.5. The number of carbonyl (C=O) groups is 2. The lowest BCUT2D eigenvalue weighted by Crippen LogP contribution is -2.45. The molecule has 226 valence electrons. The fourth-order valence-corrected chi connectivity index (χ4v) is 5.69. The van der Waals surface area contributed by atoms with E-state index in [9.17, 15) is 44.3 Å². The second kappa shape index (κ2) is 13.1. The van der Waals surface area contributed by atoms with Crippen molar-refractivity contribution in [3.05, 3.63) is 65.2 Å². The van der Waals surface area contributed by atoms with Gasteiger partial charge in [-0.25, -0.2) is 9.52 Å². The minimum Gasteiger partial charge on any atom is -0.449 e. The zero-order valence-electron chi connectivity index (χ0n) is 21.9. The fraction of sp³-hybridized carbons (Fsp3) is 0.462. The van der Waals surface area contributed by atoms with Crippen LogP contribution in [0.3, 0.4) is 0 Å². The van der Waals surface area contributed by atoms with E-state index >= 15 is 0 Å².